The quantitative estimate of drug-likeness (QED) is 0.604. The van der Waals surface area contributed by atoms with Crippen molar-refractivity contribution in [1.82, 2.24) is 5.32 Å². The lowest BCUT2D eigenvalue weighted by atomic mass is 9.55. The van der Waals surface area contributed by atoms with Crippen LogP contribution in [-0.4, -0.2) is 18.9 Å². The Hall–Kier alpha value is -1.29. The van der Waals surface area contributed by atoms with E-state index in [0.717, 1.165) is 35.4 Å². The van der Waals surface area contributed by atoms with Crippen molar-refractivity contribution in [3.63, 3.8) is 0 Å². The van der Waals surface area contributed by atoms with Gasteiger partial charge in [0, 0.05) is 24.2 Å². The molecule has 1 aliphatic heterocycles. The van der Waals surface area contributed by atoms with Gasteiger partial charge in [0.1, 0.15) is 0 Å². The van der Waals surface area contributed by atoms with Gasteiger partial charge in [0.25, 0.3) is 0 Å². The van der Waals surface area contributed by atoms with Crippen LogP contribution in [0.2, 0.25) is 20.1 Å². The summed E-state index contributed by atoms with van der Waals surface area (Å²) >= 11 is 24.1. The van der Waals surface area contributed by atoms with E-state index in [1.807, 2.05) is 24.3 Å². The molecular weight excluding hydrogens is 412 g/mol. The first kappa shape index (κ1) is 18.1. The third-order valence-corrected chi connectivity index (χ3v) is 6.36. The number of Topliss-reactive ketones (excluding diaryl/α,β-unsaturated/α-hetero) is 1. The first-order valence-corrected chi connectivity index (χ1v) is 9.52. The first-order chi connectivity index (χ1) is 12.4. The largest absolute Gasteiger partial charge is 0.314 e. The Bertz CT molecular complexity index is 916. The molecule has 0 amide bonds. The second-order valence-corrected chi connectivity index (χ2v) is 8.11. The molecule has 1 saturated carbocycles. The van der Waals surface area contributed by atoms with Gasteiger partial charge in [-0.15, -0.1) is 0 Å². The molecule has 1 spiro atoms. The first-order valence-electron chi connectivity index (χ1n) is 8.01. The van der Waals surface area contributed by atoms with Crippen molar-refractivity contribution < 1.29 is 4.79 Å². The molecule has 0 bridgehead atoms. The molecule has 0 radical (unpaired) electrons. The Morgan fingerprint density at radius 3 is 1.58 bits per heavy atom. The lowest BCUT2D eigenvalue weighted by Crippen LogP contribution is -2.64. The van der Waals surface area contributed by atoms with Crippen molar-refractivity contribution >= 4 is 64.3 Å². The maximum atomic E-state index is 12.8. The predicted molar refractivity (Wildman–Crippen MR) is 109 cm³/mol. The lowest BCUT2D eigenvalue weighted by Gasteiger charge is -2.52. The van der Waals surface area contributed by atoms with Crippen LogP contribution in [0.3, 0.4) is 0 Å². The van der Waals surface area contributed by atoms with Crippen LogP contribution in [0.4, 0.5) is 0 Å². The van der Waals surface area contributed by atoms with Crippen LogP contribution in [0.25, 0.3) is 12.2 Å². The maximum absolute atomic E-state index is 12.8. The number of carbonyl (C=O) groups is 1. The van der Waals surface area contributed by atoms with Crippen LogP contribution in [0.5, 0.6) is 0 Å². The van der Waals surface area contributed by atoms with Crippen LogP contribution in [0, 0.1) is 5.41 Å². The molecule has 1 aliphatic carbocycles. The minimum atomic E-state index is -0.255. The van der Waals surface area contributed by atoms with Gasteiger partial charge in [-0.3, -0.25) is 4.79 Å². The standard InChI is InChI=1S/C20H13Cl4NO/c21-15-3-1-11(7-17(15)23)5-13-19(26)14(20(13)9-25-10-20)6-12-2-4-16(22)18(24)8-12/h1-8,25H,9-10H2/b13-5-,14-6-. The van der Waals surface area contributed by atoms with Gasteiger partial charge >= 0.3 is 0 Å². The summed E-state index contributed by atoms with van der Waals surface area (Å²) in [6, 6.07) is 10.7. The summed E-state index contributed by atoms with van der Waals surface area (Å²) in [6.07, 6.45) is 3.80. The lowest BCUT2D eigenvalue weighted by molar-refractivity contribution is -0.118. The van der Waals surface area contributed by atoms with E-state index >= 15 is 0 Å². The summed E-state index contributed by atoms with van der Waals surface area (Å²) in [5.74, 6) is 0.0450. The summed E-state index contributed by atoms with van der Waals surface area (Å²) in [6.45, 7) is 1.47. The molecule has 6 heteroatoms. The fraction of sp³-hybridized carbons (Fsp3) is 0.150. The van der Waals surface area contributed by atoms with E-state index in [-0.39, 0.29) is 11.2 Å². The average Bonchev–Trinajstić information content (AvgIpc) is 2.57. The third kappa shape index (κ3) is 2.90. The van der Waals surface area contributed by atoms with Crippen LogP contribution >= 0.6 is 46.4 Å². The third-order valence-electron chi connectivity index (χ3n) is 4.88. The summed E-state index contributed by atoms with van der Waals surface area (Å²) < 4.78 is 0. The number of halogens is 4. The molecular formula is C20H13Cl4NO. The fourth-order valence-electron chi connectivity index (χ4n) is 3.36. The maximum Gasteiger partial charge on any atom is 0.187 e. The minimum Gasteiger partial charge on any atom is -0.314 e. The molecule has 1 heterocycles. The van der Waals surface area contributed by atoms with Crippen molar-refractivity contribution in [2.75, 3.05) is 13.1 Å². The Balaban J connectivity index is 1.71. The zero-order valence-corrected chi connectivity index (χ0v) is 16.5. The smallest absolute Gasteiger partial charge is 0.187 e. The highest BCUT2D eigenvalue weighted by atomic mass is 35.5. The van der Waals surface area contributed by atoms with E-state index in [1.165, 1.54) is 0 Å². The van der Waals surface area contributed by atoms with E-state index in [1.54, 1.807) is 24.3 Å². The molecule has 0 atom stereocenters. The minimum absolute atomic E-state index is 0.0450. The Kier molecular flexibility index (Phi) is 4.66. The van der Waals surface area contributed by atoms with E-state index < -0.39 is 0 Å². The topological polar surface area (TPSA) is 29.1 Å². The van der Waals surface area contributed by atoms with E-state index in [2.05, 4.69) is 5.32 Å². The predicted octanol–water partition coefficient (Wildman–Crippen LogP) is 5.94. The SMILES string of the molecule is O=C1/C(=C/c2ccc(Cl)c(Cl)c2)C2(CNC2)/C1=C\c1ccc(Cl)c(Cl)c1. The summed E-state index contributed by atoms with van der Waals surface area (Å²) in [5, 5.41) is 5.20. The van der Waals surface area contributed by atoms with Crippen molar-refractivity contribution in [2.24, 2.45) is 5.41 Å². The Labute approximate surface area is 171 Å². The van der Waals surface area contributed by atoms with Crippen molar-refractivity contribution in [3.05, 3.63) is 78.8 Å². The van der Waals surface area contributed by atoms with Crippen LogP contribution < -0.4 is 5.32 Å². The molecule has 2 aromatic rings. The highest BCUT2D eigenvalue weighted by Crippen LogP contribution is 2.52. The monoisotopic (exact) mass is 423 g/mol. The van der Waals surface area contributed by atoms with Crippen molar-refractivity contribution in [3.8, 4) is 0 Å². The van der Waals surface area contributed by atoms with Crippen LogP contribution in [0.15, 0.2) is 47.5 Å². The molecule has 1 saturated heterocycles. The number of hydrogen-bond acceptors (Lipinski definition) is 2. The number of benzene rings is 2. The second kappa shape index (κ2) is 6.70. The molecule has 0 aromatic heterocycles. The molecule has 132 valence electrons. The van der Waals surface area contributed by atoms with Gasteiger partial charge in [-0.2, -0.15) is 0 Å². The molecule has 26 heavy (non-hydrogen) atoms. The number of ketones is 1. The fourth-order valence-corrected chi connectivity index (χ4v) is 3.98. The highest BCUT2D eigenvalue weighted by Gasteiger charge is 2.57. The number of nitrogens with one attached hydrogen (secondary N) is 1. The van der Waals surface area contributed by atoms with E-state index in [9.17, 15) is 4.79 Å². The summed E-state index contributed by atoms with van der Waals surface area (Å²) in [7, 11) is 0. The summed E-state index contributed by atoms with van der Waals surface area (Å²) in [4.78, 5) is 12.8. The Morgan fingerprint density at radius 1 is 0.769 bits per heavy atom. The van der Waals surface area contributed by atoms with Crippen LogP contribution in [0.1, 0.15) is 11.1 Å². The molecule has 2 aliphatic rings. The molecule has 1 N–H and O–H groups in total. The molecule has 2 aromatic carbocycles. The van der Waals surface area contributed by atoms with Gasteiger partial charge in [0.15, 0.2) is 5.78 Å². The van der Waals surface area contributed by atoms with Crippen molar-refractivity contribution in [2.45, 2.75) is 0 Å². The number of rotatable bonds is 2. The van der Waals surface area contributed by atoms with E-state index in [4.69, 9.17) is 46.4 Å². The second-order valence-electron chi connectivity index (χ2n) is 6.48. The molecule has 2 nitrogen and oxygen atoms in total. The van der Waals surface area contributed by atoms with Crippen LogP contribution in [-0.2, 0) is 4.79 Å². The normalized spacial score (nSPS) is 21.2. The number of hydrogen-bond donors (Lipinski definition) is 1. The molecule has 4 rings (SSSR count). The van der Waals surface area contributed by atoms with Crippen molar-refractivity contribution in [1.29, 1.82) is 0 Å². The van der Waals surface area contributed by atoms with Gasteiger partial charge < -0.3 is 5.32 Å². The van der Waals surface area contributed by atoms with Gasteiger partial charge in [-0.1, -0.05) is 58.5 Å². The van der Waals surface area contributed by atoms with E-state index in [0.29, 0.717) is 20.1 Å². The number of carbonyl (C=O) groups excluding carboxylic acids is 1. The zero-order valence-electron chi connectivity index (χ0n) is 13.5. The summed E-state index contributed by atoms with van der Waals surface area (Å²) in [5.41, 5.74) is 3.06. The van der Waals surface area contributed by atoms with Gasteiger partial charge in [0.05, 0.1) is 25.5 Å². The average molecular weight is 425 g/mol. The zero-order chi connectivity index (χ0) is 18.5. The van der Waals surface area contributed by atoms with Gasteiger partial charge in [0.2, 0.25) is 0 Å². The highest BCUT2D eigenvalue weighted by molar-refractivity contribution is 6.42. The Morgan fingerprint density at radius 2 is 1.23 bits per heavy atom. The molecule has 2 fully saturated rings. The van der Waals surface area contributed by atoms with Gasteiger partial charge in [-0.05, 0) is 47.5 Å². The molecule has 0 unspecified atom stereocenters. The van der Waals surface area contributed by atoms with Gasteiger partial charge in [-0.25, -0.2) is 0 Å².